The summed E-state index contributed by atoms with van der Waals surface area (Å²) in [6.07, 6.45) is 4.28. The molecule has 0 spiro atoms. The van der Waals surface area contributed by atoms with Crippen LogP contribution in [0, 0.1) is 11.8 Å². The third-order valence-corrected chi connectivity index (χ3v) is 3.48. The van der Waals surface area contributed by atoms with E-state index in [2.05, 4.69) is 17.3 Å². The van der Waals surface area contributed by atoms with E-state index in [1.807, 2.05) is 13.8 Å². The van der Waals surface area contributed by atoms with Crippen molar-refractivity contribution in [1.29, 1.82) is 0 Å². The zero-order valence-electron chi connectivity index (χ0n) is 10.1. The third-order valence-electron chi connectivity index (χ3n) is 3.48. The van der Waals surface area contributed by atoms with Crippen LogP contribution in [0.15, 0.2) is 0 Å². The third kappa shape index (κ3) is 3.25. The van der Waals surface area contributed by atoms with E-state index in [4.69, 9.17) is 0 Å². The highest BCUT2D eigenvalue weighted by atomic mass is 15.1. The van der Waals surface area contributed by atoms with Crippen molar-refractivity contribution in [2.24, 2.45) is 11.8 Å². The molecule has 2 aliphatic rings. The Bertz CT molecular complexity index is 139. The average Bonchev–Trinajstić information content (AvgIpc) is 2.69. The fourth-order valence-corrected chi connectivity index (χ4v) is 2.67. The minimum Gasteiger partial charge on any atom is -0.317 e. The first-order valence-corrected chi connectivity index (χ1v) is 6.25. The predicted octanol–water partition coefficient (Wildman–Crippen LogP) is 1.96. The summed E-state index contributed by atoms with van der Waals surface area (Å²) in [6, 6.07) is 0. The number of hydrogen-bond donors (Lipinski definition) is 1. The van der Waals surface area contributed by atoms with E-state index in [1.54, 1.807) is 0 Å². The molecule has 0 bridgehead atoms. The molecule has 84 valence electrons. The lowest BCUT2D eigenvalue weighted by Gasteiger charge is -2.27. The summed E-state index contributed by atoms with van der Waals surface area (Å²) in [7, 11) is 2.25. The van der Waals surface area contributed by atoms with Gasteiger partial charge in [-0.1, -0.05) is 13.8 Å². The number of piperidine rings is 1. The fourth-order valence-electron chi connectivity index (χ4n) is 2.67. The van der Waals surface area contributed by atoms with Crippen LogP contribution in [-0.2, 0) is 0 Å². The summed E-state index contributed by atoms with van der Waals surface area (Å²) in [4.78, 5) is 2.48. The van der Waals surface area contributed by atoms with E-state index < -0.39 is 0 Å². The van der Waals surface area contributed by atoms with Gasteiger partial charge in [-0.15, -0.1) is 0 Å². The number of hydrogen-bond acceptors (Lipinski definition) is 2. The SMILES string of the molecule is CC.CN1CCC(C2CCNCC2)C1. The van der Waals surface area contributed by atoms with Gasteiger partial charge in [-0.25, -0.2) is 0 Å². The lowest BCUT2D eigenvalue weighted by atomic mass is 9.84. The van der Waals surface area contributed by atoms with E-state index in [0.29, 0.717) is 0 Å². The molecule has 2 fully saturated rings. The Morgan fingerprint density at radius 2 is 1.64 bits per heavy atom. The van der Waals surface area contributed by atoms with Crippen LogP contribution >= 0.6 is 0 Å². The lowest BCUT2D eigenvalue weighted by molar-refractivity contribution is 0.258. The summed E-state index contributed by atoms with van der Waals surface area (Å²) in [6.45, 7) is 9.19. The predicted molar refractivity (Wildman–Crippen MR) is 62.5 cm³/mol. The van der Waals surface area contributed by atoms with Crippen LogP contribution in [-0.4, -0.2) is 38.1 Å². The molecule has 14 heavy (non-hydrogen) atoms. The second kappa shape index (κ2) is 6.41. The maximum Gasteiger partial charge on any atom is 0.000975 e. The van der Waals surface area contributed by atoms with Crippen LogP contribution in [0.25, 0.3) is 0 Å². The molecule has 1 N–H and O–H groups in total. The van der Waals surface area contributed by atoms with Gasteiger partial charge in [0.25, 0.3) is 0 Å². The highest BCUT2D eigenvalue weighted by Crippen LogP contribution is 2.29. The number of nitrogens with zero attached hydrogens (tertiary/aromatic N) is 1. The maximum absolute atomic E-state index is 3.44. The van der Waals surface area contributed by atoms with Crippen LogP contribution in [0.4, 0.5) is 0 Å². The molecule has 0 aliphatic carbocycles. The van der Waals surface area contributed by atoms with Gasteiger partial charge in [0.1, 0.15) is 0 Å². The number of likely N-dealkylation sites (tertiary alicyclic amines) is 1. The summed E-state index contributed by atoms with van der Waals surface area (Å²) in [5.74, 6) is 2.04. The maximum atomic E-state index is 3.44. The van der Waals surface area contributed by atoms with Crippen molar-refractivity contribution in [3.63, 3.8) is 0 Å². The van der Waals surface area contributed by atoms with Crippen LogP contribution in [0.5, 0.6) is 0 Å². The molecule has 2 heteroatoms. The van der Waals surface area contributed by atoms with Gasteiger partial charge in [0.15, 0.2) is 0 Å². The van der Waals surface area contributed by atoms with Crippen LogP contribution in [0.3, 0.4) is 0 Å². The summed E-state index contributed by atoms with van der Waals surface area (Å²) >= 11 is 0. The van der Waals surface area contributed by atoms with Gasteiger partial charge in [0, 0.05) is 6.54 Å². The van der Waals surface area contributed by atoms with E-state index in [1.165, 1.54) is 45.4 Å². The summed E-state index contributed by atoms with van der Waals surface area (Å²) in [5, 5.41) is 3.44. The highest BCUT2D eigenvalue weighted by molar-refractivity contribution is 4.82. The van der Waals surface area contributed by atoms with E-state index in [0.717, 1.165) is 11.8 Å². The fraction of sp³-hybridized carbons (Fsp3) is 1.00. The van der Waals surface area contributed by atoms with Crippen molar-refractivity contribution in [3.8, 4) is 0 Å². The molecule has 0 aromatic heterocycles. The van der Waals surface area contributed by atoms with Gasteiger partial charge in [0.2, 0.25) is 0 Å². The molecule has 2 rings (SSSR count). The zero-order chi connectivity index (χ0) is 10.4. The number of nitrogens with one attached hydrogen (secondary N) is 1. The zero-order valence-corrected chi connectivity index (χ0v) is 10.1. The molecular formula is C12H26N2. The standard InChI is InChI=1S/C10H20N2.C2H6/c1-12-7-4-10(8-12)9-2-5-11-6-3-9;1-2/h9-11H,2-8H2,1H3;1-2H3. The first-order valence-electron chi connectivity index (χ1n) is 6.25. The van der Waals surface area contributed by atoms with E-state index in [-0.39, 0.29) is 0 Å². The van der Waals surface area contributed by atoms with Gasteiger partial charge in [-0.3, -0.25) is 0 Å². The largest absolute Gasteiger partial charge is 0.317 e. The van der Waals surface area contributed by atoms with Gasteiger partial charge < -0.3 is 10.2 Å². The molecule has 0 amide bonds. The molecule has 2 saturated heterocycles. The quantitative estimate of drug-likeness (QED) is 0.693. The first-order chi connectivity index (χ1) is 6.86. The van der Waals surface area contributed by atoms with Crippen molar-refractivity contribution in [2.45, 2.75) is 33.1 Å². The Morgan fingerprint density at radius 3 is 2.14 bits per heavy atom. The Labute approximate surface area is 89.1 Å². The highest BCUT2D eigenvalue weighted by Gasteiger charge is 2.28. The van der Waals surface area contributed by atoms with Crippen molar-refractivity contribution < 1.29 is 0 Å². The monoisotopic (exact) mass is 198 g/mol. The summed E-state index contributed by atoms with van der Waals surface area (Å²) in [5.41, 5.74) is 0. The first kappa shape index (κ1) is 12.0. The van der Waals surface area contributed by atoms with Gasteiger partial charge in [-0.05, 0) is 57.8 Å². The van der Waals surface area contributed by atoms with Crippen molar-refractivity contribution in [3.05, 3.63) is 0 Å². The molecule has 0 radical (unpaired) electrons. The molecule has 2 heterocycles. The van der Waals surface area contributed by atoms with Gasteiger partial charge in [-0.2, -0.15) is 0 Å². The van der Waals surface area contributed by atoms with Gasteiger partial charge >= 0.3 is 0 Å². The van der Waals surface area contributed by atoms with Gasteiger partial charge in [0.05, 0.1) is 0 Å². The molecule has 1 atom stereocenters. The minimum atomic E-state index is 1.01. The van der Waals surface area contributed by atoms with Crippen molar-refractivity contribution >= 4 is 0 Å². The molecule has 2 nitrogen and oxygen atoms in total. The molecule has 0 aromatic rings. The van der Waals surface area contributed by atoms with Crippen LogP contribution in [0.1, 0.15) is 33.1 Å². The molecule has 0 saturated carbocycles. The van der Waals surface area contributed by atoms with E-state index in [9.17, 15) is 0 Å². The number of rotatable bonds is 1. The molecular weight excluding hydrogens is 172 g/mol. The lowest BCUT2D eigenvalue weighted by Crippen LogP contribution is -2.32. The second-order valence-electron chi connectivity index (χ2n) is 4.40. The Hall–Kier alpha value is -0.0800. The van der Waals surface area contributed by atoms with E-state index >= 15 is 0 Å². The molecule has 2 aliphatic heterocycles. The molecule has 0 aromatic carbocycles. The summed E-state index contributed by atoms with van der Waals surface area (Å²) < 4.78 is 0. The average molecular weight is 198 g/mol. The minimum absolute atomic E-state index is 1.01. The normalized spacial score (nSPS) is 29.8. The smallest absolute Gasteiger partial charge is 0.000975 e. The Balaban J connectivity index is 0.000000461. The van der Waals surface area contributed by atoms with Crippen molar-refractivity contribution in [1.82, 2.24) is 10.2 Å². The Kier molecular flexibility index (Phi) is 5.49. The molecule has 1 unspecified atom stereocenters. The van der Waals surface area contributed by atoms with Crippen LogP contribution in [0.2, 0.25) is 0 Å². The van der Waals surface area contributed by atoms with Crippen LogP contribution < -0.4 is 5.32 Å². The Morgan fingerprint density at radius 1 is 1.00 bits per heavy atom. The second-order valence-corrected chi connectivity index (χ2v) is 4.40. The topological polar surface area (TPSA) is 15.3 Å². The van der Waals surface area contributed by atoms with Crippen molar-refractivity contribution in [2.75, 3.05) is 33.2 Å².